The number of anilines is 2. The molecule has 0 aliphatic carbocycles. The standard InChI is InChI=1S/C25H32N6O2.C6H6.C2H2/c1-17(32)29-10-7-24-22(15-29)25(27-31(24)21-8-11-33-16-21)30-9-3-4-19-12-18(5-6-23(19)30)20-13-26-28(2)14-20;1-2-4-6-5-3-1;1-2/h5-6,12-13,20-21H,3-4,7-11,14-16H2,1-2H3;1-6H;1-2H/t20?,21-;;/m0../s1. The van der Waals surface area contributed by atoms with E-state index < -0.39 is 0 Å². The van der Waals surface area contributed by atoms with Gasteiger partial charge in [0.25, 0.3) is 0 Å². The van der Waals surface area contributed by atoms with E-state index in [-0.39, 0.29) is 5.91 Å². The minimum Gasteiger partial charge on any atom is -0.379 e. The van der Waals surface area contributed by atoms with Gasteiger partial charge in [-0.05, 0) is 36.5 Å². The van der Waals surface area contributed by atoms with Gasteiger partial charge >= 0.3 is 0 Å². The van der Waals surface area contributed by atoms with E-state index in [4.69, 9.17) is 9.84 Å². The number of aromatic nitrogens is 2. The van der Waals surface area contributed by atoms with Crippen LogP contribution in [-0.2, 0) is 28.9 Å². The fourth-order valence-corrected chi connectivity index (χ4v) is 6.15. The molecule has 1 saturated heterocycles. The molecule has 7 rings (SSSR count). The zero-order valence-corrected chi connectivity index (χ0v) is 24.2. The van der Waals surface area contributed by atoms with Gasteiger partial charge in [-0.2, -0.15) is 10.2 Å². The van der Waals surface area contributed by atoms with Crippen LogP contribution < -0.4 is 4.90 Å². The van der Waals surface area contributed by atoms with Gasteiger partial charge in [-0.25, -0.2) is 0 Å². The number of carbonyl (C=O) groups excluding carboxylic acids is 1. The molecule has 8 nitrogen and oxygen atoms in total. The largest absolute Gasteiger partial charge is 0.379 e. The summed E-state index contributed by atoms with van der Waals surface area (Å²) in [4.78, 5) is 16.5. The second kappa shape index (κ2) is 13.0. The molecule has 3 aromatic rings. The summed E-state index contributed by atoms with van der Waals surface area (Å²) < 4.78 is 7.91. The highest BCUT2D eigenvalue weighted by Gasteiger charge is 2.34. The molecule has 0 saturated carbocycles. The number of rotatable bonds is 3. The third kappa shape index (κ3) is 6.15. The summed E-state index contributed by atoms with van der Waals surface area (Å²) in [7, 11) is 2.02. The summed E-state index contributed by atoms with van der Waals surface area (Å²) in [5, 5.41) is 11.6. The predicted molar refractivity (Wildman–Crippen MR) is 163 cm³/mol. The van der Waals surface area contributed by atoms with Crippen molar-refractivity contribution in [3.05, 3.63) is 77.0 Å². The number of carbonyl (C=O) groups is 1. The minimum atomic E-state index is 0.135. The van der Waals surface area contributed by atoms with Crippen LogP contribution in [0.1, 0.15) is 54.1 Å². The summed E-state index contributed by atoms with van der Waals surface area (Å²) in [5.74, 6) is 1.52. The number of hydrogen-bond donors (Lipinski definition) is 0. The number of hydrazone groups is 1. The van der Waals surface area contributed by atoms with Gasteiger partial charge in [0.2, 0.25) is 5.91 Å². The first-order chi connectivity index (χ1) is 20.1. The maximum atomic E-state index is 12.2. The molecule has 5 heterocycles. The van der Waals surface area contributed by atoms with E-state index in [1.54, 1.807) is 6.92 Å². The second-order valence-corrected chi connectivity index (χ2v) is 10.9. The van der Waals surface area contributed by atoms with E-state index in [1.807, 2.05) is 53.4 Å². The Kier molecular flexibility index (Phi) is 9.05. The molecule has 4 aliphatic heterocycles. The topological polar surface area (TPSA) is 66.2 Å². The lowest BCUT2D eigenvalue weighted by molar-refractivity contribution is -0.129. The first-order valence-corrected chi connectivity index (χ1v) is 14.5. The van der Waals surface area contributed by atoms with E-state index in [2.05, 4.69) is 51.9 Å². The van der Waals surface area contributed by atoms with Gasteiger partial charge in [0.05, 0.1) is 19.2 Å². The van der Waals surface area contributed by atoms with Crippen molar-refractivity contribution in [3.63, 3.8) is 0 Å². The van der Waals surface area contributed by atoms with Crippen molar-refractivity contribution in [2.75, 3.05) is 44.8 Å². The molecule has 0 N–H and O–H groups in total. The highest BCUT2D eigenvalue weighted by molar-refractivity contribution is 5.76. The van der Waals surface area contributed by atoms with Gasteiger partial charge in [-0.15, -0.1) is 12.8 Å². The lowest BCUT2D eigenvalue weighted by Crippen LogP contribution is -2.35. The molecule has 0 spiro atoms. The number of terminal acetylenes is 1. The number of fused-ring (bicyclic) bond motifs is 2. The van der Waals surface area contributed by atoms with Crippen molar-refractivity contribution in [2.45, 2.75) is 51.1 Å². The molecule has 1 unspecified atom stereocenters. The first-order valence-electron chi connectivity index (χ1n) is 14.5. The minimum absolute atomic E-state index is 0.135. The van der Waals surface area contributed by atoms with Crippen molar-refractivity contribution >= 4 is 23.6 Å². The van der Waals surface area contributed by atoms with Crippen molar-refractivity contribution in [3.8, 4) is 12.8 Å². The number of amides is 1. The molecule has 4 aliphatic rings. The first kappa shape index (κ1) is 28.4. The molecule has 0 bridgehead atoms. The van der Waals surface area contributed by atoms with Crippen LogP contribution in [0.5, 0.6) is 0 Å². The van der Waals surface area contributed by atoms with Crippen LogP contribution >= 0.6 is 0 Å². The summed E-state index contributed by atoms with van der Waals surface area (Å²) in [6, 6.07) is 19.2. The molecule has 8 heteroatoms. The molecule has 41 heavy (non-hydrogen) atoms. The maximum absolute atomic E-state index is 12.2. The van der Waals surface area contributed by atoms with Crippen LogP contribution in [0.3, 0.4) is 0 Å². The van der Waals surface area contributed by atoms with Crippen LogP contribution in [0.4, 0.5) is 11.5 Å². The highest BCUT2D eigenvalue weighted by Crippen LogP contribution is 2.40. The molecule has 0 radical (unpaired) electrons. The number of ether oxygens (including phenoxy) is 1. The Balaban J connectivity index is 0.000000371. The Bertz CT molecular complexity index is 1350. The Labute approximate surface area is 243 Å². The van der Waals surface area contributed by atoms with Gasteiger partial charge < -0.3 is 14.5 Å². The predicted octanol–water partition coefficient (Wildman–Crippen LogP) is 4.78. The van der Waals surface area contributed by atoms with E-state index >= 15 is 0 Å². The highest BCUT2D eigenvalue weighted by atomic mass is 16.5. The molecule has 2 aromatic carbocycles. The van der Waals surface area contributed by atoms with Crippen molar-refractivity contribution < 1.29 is 9.53 Å². The number of hydrogen-bond acceptors (Lipinski definition) is 6. The lowest BCUT2D eigenvalue weighted by Gasteiger charge is -2.33. The summed E-state index contributed by atoms with van der Waals surface area (Å²) in [5.41, 5.74) is 6.47. The second-order valence-electron chi connectivity index (χ2n) is 10.9. The van der Waals surface area contributed by atoms with Crippen LogP contribution in [0, 0.1) is 12.8 Å². The molecule has 1 amide bonds. The van der Waals surface area contributed by atoms with Gasteiger partial charge in [-0.1, -0.05) is 48.5 Å². The van der Waals surface area contributed by atoms with E-state index in [0.29, 0.717) is 18.5 Å². The smallest absolute Gasteiger partial charge is 0.219 e. The monoisotopic (exact) mass is 552 g/mol. The van der Waals surface area contributed by atoms with Crippen LogP contribution in [-0.4, -0.2) is 71.7 Å². The van der Waals surface area contributed by atoms with Crippen molar-refractivity contribution in [1.82, 2.24) is 19.7 Å². The Hall–Kier alpha value is -4.09. The van der Waals surface area contributed by atoms with E-state index in [1.165, 1.54) is 28.1 Å². The zero-order valence-electron chi connectivity index (χ0n) is 24.2. The molecule has 2 atom stereocenters. The maximum Gasteiger partial charge on any atom is 0.219 e. The van der Waals surface area contributed by atoms with Gasteiger partial charge in [-0.3, -0.25) is 14.5 Å². The van der Waals surface area contributed by atoms with Gasteiger partial charge in [0.1, 0.15) is 0 Å². The zero-order chi connectivity index (χ0) is 28.8. The van der Waals surface area contributed by atoms with Crippen LogP contribution in [0.25, 0.3) is 0 Å². The third-order valence-electron chi connectivity index (χ3n) is 8.24. The number of benzene rings is 2. The van der Waals surface area contributed by atoms with E-state index in [0.717, 1.165) is 64.3 Å². The Morgan fingerprint density at radius 3 is 2.44 bits per heavy atom. The summed E-state index contributed by atoms with van der Waals surface area (Å²) in [6.07, 6.45) is 14.1. The lowest BCUT2D eigenvalue weighted by atomic mass is 9.93. The average Bonchev–Trinajstić information content (AvgIpc) is 3.79. The molecule has 1 aromatic heterocycles. The quantitative estimate of drug-likeness (QED) is 0.438. The van der Waals surface area contributed by atoms with E-state index in [9.17, 15) is 4.79 Å². The van der Waals surface area contributed by atoms with Gasteiger partial charge in [0, 0.05) is 75.7 Å². The summed E-state index contributed by atoms with van der Waals surface area (Å²) in [6.45, 7) is 6.47. The fourth-order valence-electron chi connectivity index (χ4n) is 6.15. The summed E-state index contributed by atoms with van der Waals surface area (Å²) >= 11 is 0. The van der Waals surface area contributed by atoms with Crippen LogP contribution in [0.15, 0.2) is 59.7 Å². The third-order valence-corrected chi connectivity index (χ3v) is 8.24. The fraction of sp³-hybridized carbons (Fsp3) is 0.424. The normalized spacial score (nSPS) is 20.8. The van der Waals surface area contributed by atoms with Crippen molar-refractivity contribution in [2.24, 2.45) is 5.10 Å². The van der Waals surface area contributed by atoms with Crippen LogP contribution in [0.2, 0.25) is 0 Å². The molecule has 214 valence electrons. The van der Waals surface area contributed by atoms with Crippen molar-refractivity contribution in [1.29, 1.82) is 0 Å². The average molecular weight is 553 g/mol. The van der Waals surface area contributed by atoms with Gasteiger partial charge in [0.15, 0.2) is 5.82 Å². The SMILES string of the molecule is C#C.CC(=O)N1CCc2c(c(N3CCCc4cc(C5C=NN(C)C5)ccc43)nn2[C@H]2CCOC2)C1.c1ccccc1. The Morgan fingerprint density at radius 2 is 1.80 bits per heavy atom. The molecular weight excluding hydrogens is 512 g/mol. The number of nitrogens with zero attached hydrogens (tertiary/aromatic N) is 6. The number of likely N-dealkylation sites (N-methyl/N-ethyl adjacent to an activating group) is 1. The molecular formula is C33H40N6O2. The Morgan fingerprint density at radius 1 is 1.05 bits per heavy atom. The molecule has 1 fully saturated rings. The number of aryl methyl sites for hydroxylation is 1.